The van der Waals surface area contributed by atoms with E-state index in [0.717, 1.165) is 0 Å². The fourth-order valence-corrected chi connectivity index (χ4v) is 0.353. The molecule has 54 valence electrons. The summed E-state index contributed by atoms with van der Waals surface area (Å²) in [7, 11) is 1.69. The highest BCUT2D eigenvalue weighted by molar-refractivity contribution is 5.83. The molecule has 3 nitrogen and oxygen atoms in total. The number of hydrogen-bond donors (Lipinski definition) is 1. The topological polar surface area (TPSA) is 41.5 Å². The number of aldehydes is 1. The maximum atomic E-state index is 9.80. The highest BCUT2D eigenvalue weighted by Crippen LogP contribution is 1.85. The molecule has 0 saturated heterocycles. The molecular formula is C7H10N2O. The van der Waals surface area contributed by atoms with Crippen LogP contribution in [0.4, 0.5) is 0 Å². The van der Waals surface area contributed by atoms with Gasteiger partial charge in [0.1, 0.15) is 6.29 Å². The van der Waals surface area contributed by atoms with Gasteiger partial charge in [0.15, 0.2) is 0 Å². The smallest absolute Gasteiger partial charge is 0.142 e. The molecule has 3 heteroatoms. The van der Waals surface area contributed by atoms with Crippen molar-refractivity contribution in [1.82, 2.24) is 5.43 Å². The zero-order valence-electron chi connectivity index (χ0n) is 5.87. The predicted molar refractivity (Wildman–Crippen MR) is 41.9 cm³/mol. The monoisotopic (exact) mass is 138 g/mol. The average Bonchev–Trinajstić information content (AvgIpc) is 1.97. The third-order valence-electron chi connectivity index (χ3n) is 0.748. The first kappa shape index (κ1) is 8.62. The highest BCUT2D eigenvalue weighted by Gasteiger charge is 1.77. The lowest BCUT2D eigenvalue weighted by molar-refractivity contribution is -0.104. The summed E-state index contributed by atoms with van der Waals surface area (Å²) in [6.45, 7) is 3.59. The Morgan fingerprint density at radius 1 is 1.70 bits per heavy atom. The van der Waals surface area contributed by atoms with E-state index in [0.29, 0.717) is 11.9 Å². The summed E-state index contributed by atoms with van der Waals surface area (Å²) in [6.07, 6.45) is 5.16. The van der Waals surface area contributed by atoms with Gasteiger partial charge in [0.2, 0.25) is 0 Å². The van der Waals surface area contributed by atoms with E-state index in [1.807, 2.05) is 0 Å². The van der Waals surface area contributed by atoms with Gasteiger partial charge >= 0.3 is 0 Å². The van der Waals surface area contributed by atoms with Crippen LogP contribution in [0.1, 0.15) is 0 Å². The molecule has 0 radical (unpaired) electrons. The van der Waals surface area contributed by atoms with Gasteiger partial charge in [-0.25, -0.2) is 0 Å². The van der Waals surface area contributed by atoms with Crippen molar-refractivity contribution in [1.29, 1.82) is 0 Å². The maximum absolute atomic E-state index is 9.80. The van der Waals surface area contributed by atoms with Crippen LogP contribution < -0.4 is 5.43 Å². The Labute approximate surface area is 60.1 Å². The molecule has 0 heterocycles. The largest absolute Gasteiger partial charge is 0.313 e. The van der Waals surface area contributed by atoms with Gasteiger partial charge < -0.3 is 5.43 Å². The second-order valence-electron chi connectivity index (χ2n) is 1.55. The van der Waals surface area contributed by atoms with Crippen LogP contribution in [-0.2, 0) is 4.79 Å². The number of nitrogens with zero attached hydrogens (tertiary/aromatic N) is 1. The molecule has 1 N–H and O–H groups in total. The maximum Gasteiger partial charge on any atom is 0.142 e. The summed E-state index contributed by atoms with van der Waals surface area (Å²) >= 11 is 0. The van der Waals surface area contributed by atoms with E-state index in [2.05, 4.69) is 17.1 Å². The first-order valence-electron chi connectivity index (χ1n) is 2.82. The Bertz CT molecular complexity index is 170. The van der Waals surface area contributed by atoms with E-state index in [-0.39, 0.29) is 0 Å². The molecule has 0 bridgehead atoms. The van der Waals surface area contributed by atoms with Crippen LogP contribution in [-0.4, -0.2) is 19.5 Å². The molecule has 0 aliphatic rings. The van der Waals surface area contributed by atoms with Crippen molar-refractivity contribution in [2.75, 3.05) is 7.05 Å². The van der Waals surface area contributed by atoms with Gasteiger partial charge in [-0.3, -0.25) is 4.79 Å². The van der Waals surface area contributed by atoms with Crippen molar-refractivity contribution >= 4 is 12.5 Å². The second-order valence-corrected chi connectivity index (χ2v) is 1.55. The zero-order chi connectivity index (χ0) is 7.82. The van der Waals surface area contributed by atoms with Crippen LogP contribution in [0.15, 0.2) is 29.4 Å². The lowest BCUT2D eigenvalue weighted by Crippen LogP contribution is -1.93. The summed E-state index contributed by atoms with van der Waals surface area (Å²) in [4.78, 5) is 9.80. The number of carbonyl (C=O) groups excluding carboxylic acids is 1. The van der Waals surface area contributed by atoms with Crippen molar-refractivity contribution in [2.45, 2.75) is 0 Å². The number of rotatable bonds is 4. The summed E-state index contributed by atoms with van der Waals surface area (Å²) in [6, 6.07) is 0. The summed E-state index contributed by atoms with van der Waals surface area (Å²) < 4.78 is 0. The standard InChI is InChI=1S/C7H10N2O/c1-7(4-3-5-10)6-9-8-2/h3-6,8H,1H2,2H3/b4-3+,9-6-. The lowest BCUT2D eigenvalue weighted by Gasteiger charge is -1.86. The molecule has 0 fully saturated rings. The fraction of sp³-hybridized carbons (Fsp3) is 0.143. The quantitative estimate of drug-likeness (QED) is 0.202. The molecule has 0 spiro atoms. The molecular weight excluding hydrogens is 128 g/mol. The average molecular weight is 138 g/mol. The number of nitrogens with one attached hydrogen (secondary N) is 1. The molecule has 0 unspecified atom stereocenters. The third-order valence-corrected chi connectivity index (χ3v) is 0.748. The van der Waals surface area contributed by atoms with Crippen LogP contribution in [0, 0.1) is 0 Å². The minimum atomic E-state index is 0.682. The van der Waals surface area contributed by atoms with Crippen LogP contribution in [0.3, 0.4) is 0 Å². The zero-order valence-corrected chi connectivity index (χ0v) is 5.87. The fourth-order valence-electron chi connectivity index (χ4n) is 0.353. The minimum absolute atomic E-state index is 0.682. The van der Waals surface area contributed by atoms with Crippen molar-refractivity contribution in [3.63, 3.8) is 0 Å². The molecule has 0 atom stereocenters. The number of allylic oxidation sites excluding steroid dienone is 3. The Kier molecular flexibility index (Phi) is 4.96. The van der Waals surface area contributed by atoms with E-state index < -0.39 is 0 Å². The number of hydrazone groups is 1. The molecule has 10 heavy (non-hydrogen) atoms. The highest BCUT2D eigenvalue weighted by atomic mass is 16.1. The van der Waals surface area contributed by atoms with E-state index in [1.165, 1.54) is 12.3 Å². The molecule has 0 aliphatic carbocycles. The van der Waals surface area contributed by atoms with Gasteiger partial charge in [-0.15, -0.1) is 0 Å². The van der Waals surface area contributed by atoms with Gasteiger partial charge in [-0.2, -0.15) is 5.10 Å². The van der Waals surface area contributed by atoms with Crippen molar-refractivity contribution in [3.8, 4) is 0 Å². The van der Waals surface area contributed by atoms with Gasteiger partial charge in [0.05, 0.1) is 6.21 Å². The summed E-state index contributed by atoms with van der Waals surface area (Å²) in [5, 5.41) is 3.68. The van der Waals surface area contributed by atoms with Gasteiger partial charge in [0.25, 0.3) is 0 Å². The van der Waals surface area contributed by atoms with Gasteiger partial charge in [-0.05, 0) is 11.6 Å². The van der Waals surface area contributed by atoms with E-state index >= 15 is 0 Å². The molecule has 0 saturated carbocycles. The normalized spacial score (nSPS) is 10.5. The Hall–Kier alpha value is -1.38. The van der Waals surface area contributed by atoms with E-state index in [4.69, 9.17) is 0 Å². The van der Waals surface area contributed by atoms with Crippen LogP contribution >= 0.6 is 0 Å². The minimum Gasteiger partial charge on any atom is -0.313 e. The molecule has 0 amide bonds. The first-order chi connectivity index (χ1) is 4.81. The molecule has 0 aromatic carbocycles. The molecule has 0 aliphatic heterocycles. The lowest BCUT2D eigenvalue weighted by atomic mass is 10.3. The van der Waals surface area contributed by atoms with E-state index in [9.17, 15) is 4.79 Å². The summed E-state index contributed by atoms with van der Waals surface area (Å²) in [5.41, 5.74) is 3.24. The number of carbonyl (C=O) groups is 1. The van der Waals surface area contributed by atoms with Crippen molar-refractivity contribution in [2.24, 2.45) is 5.10 Å². The van der Waals surface area contributed by atoms with Crippen LogP contribution in [0.2, 0.25) is 0 Å². The van der Waals surface area contributed by atoms with Gasteiger partial charge in [-0.1, -0.05) is 12.7 Å². The Morgan fingerprint density at radius 2 is 2.40 bits per heavy atom. The third kappa shape index (κ3) is 4.77. The molecule has 0 rings (SSSR count). The molecule has 0 aromatic heterocycles. The Balaban J connectivity index is 3.74. The first-order valence-corrected chi connectivity index (χ1v) is 2.82. The van der Waals surface area contributed by atoms with Crippen molar-refractivity contribution in [3.05, 3.63) is 24.3 Å². The van der Waals surface area contributed by atoms with E-state index in [1.54, 1.807) is 13.1 Å². The van der Waals surface area contributed by atoms with Crippen molar-refractivity contribution < 1.29 is 4.79 Å². The predicted octanol–water partition coefficient (Wildman–Crippen LogP) is 0.503. The van der Waals surface area contributed by atoms with Crippen LogP contribution in [0.5, 0.6) is 0 Å². The Morgan fingerprint density at radius 3 is 2.90 bits per heavy atom. The van der Waals surface area contributed by atoms with Crippen LogP contribution in [0.25, 0.3) is 0 Å². The SMILES string of the molecule is C=C(/C=N\NC)/C=C/C=O. The van der Waals surface area contributed by atoms with Gasteiger partial charge in [0, 0.05) is 7.05 Å². The second kappa shape index (κ2) is 5.75. The summed E-state index contributed by atoms with van der Waals surface area (Å²) in [5.74, 6) is 0. The molecule has 0 aromatic rings. The number of hydrogen-bond acceptors (Lipinski definition) is 3.